The van der Waals surface area contributed by atoms with E-state index in [1.165, 1.54) is 6.92 Å². The van der Waals surface area contributed by atoms with E-state index in [0.717, 1.165) is 4.68 Å². The van der Waals surface area contributed by atoms with Crippen molar-refractivity contribution in [2.45, 2.75) is 33.9 Å². The van der Waals surface area contributed by atoms with Gasteiger partial charge in [0.15, 0.2) is 5.82 Å². The van der Waals surface area contributed by atoms with Gasteiger partial charge in [0.25, 0.3) is 5.56 Å². The van der Waals surface area contributed by atoms with Crippen molar-refractivity contribution in [1.82, 2.24) is 14.8 Å². The number of halogens is 3. The number of hydrogen-bond acceptors (Lipinski definition) is 3. The van der Waals surface area contributed by atoms with E-state index < -0.39 is 11.7 Å². The Balaban J connectivity index is 2.78. The van der Waals surface area contributed by atoms with Gasteiger partial charge in [-0.25, -0.2) is 9.37 Å². The summed E-state index contributed by atoms with van der Waals surface area (Å²) >= 11 is 12.0. The first-order chi connectivity index (χ1) is 9.73. The number of aryl methyl sites for hydroxylation is 3. The fraction of sp³-hybridized carbons (Fsp3) is 0.357. The van der Waals surface area contributed by atoms with Crippen molar-refractivity contribution >= 4 is 23.2 Å². The van der Waals surface area contributed by atoms with Gasteiger partial charge in [-0.05, 0) is 39.3 Å². The molecule has 0 bridgehead atoms. The minimum atomic E-state index is -1.37. The van der Waals surface area contributed by atoms with Gasteiger partial charge in [-0.2, -0.15) is 9.78 Å². The van der Waals surface area contributed by atoms with Crippen molar-refractivity contribution in [2.75, 3.05) is 0 Å². The molecule has 0 saturated heterocycles. The predicted molar refractivity (Wildman–Crippen MR) is 81.4 cm³/mol. The lowest BCUT2D eigenvalue weighted by Crippen LogP contribution is -2.26. The monoisotopic (exact) mass is 329 g/mol. The minimum absolute atomic E-state index is 0.112. The molecule has 2 heterocycles. The maximum Gasteiger partial charge on any atom is 0.292 e. The lowest BCUT2D eigenvalue weighted by molar-refractivity contribution is 0.370. The number of alkyl halides is 1. The highest BCUT2D eigenvalue weighted by Gasteiger charge is 2.20. The number of pyridine rings is 1. The lowest BCUT2D eigenvalue weighted by Gasteiger charge is -2.14. The average molecular weight is 330 g/mol. The summed E-state index contributed by atoms with van der Waals surface area (Å²) in [5.41, 5.74) is 1.11. The Kier molecular flexibility index (Phi) is 4.35. The summed E-state index contributed by atoms with van der Waals surface area (Å²) < 4.78 is 14.6. The second-order valence-electron chi connectivity index (χ2n) is 4.84. The third kappa shape index (κ3) is 2.80. The molecule has 112 valence electrons. The zero-order valence-corrected chi connectivity index (χ0v) is 13.6. The maximum absolute atomic E-state index is 13.6. The molecule has 0 spiro atoms. The molecule has 4 nitrogen and oxygen atoms in total. The van der Waals surface area contributed by atoms with E-state index in [0.29, 0.717) is 27.8 Å². The summed E-state index contributed by atoms with van der Waals surface area (Å²) in [6.07, 6.45) is -1.37. The van der Waals surface area contributed by atoms with Crippen LogP contribution in [-0.2, 0) is 0 Å². The van der Waals surface area contributed by atoms with Crippen LogP contribution in [0.3, 0.4) is 0 Å². The summed E-state index contributed by atoms with van der Waals surface area (Å²) in [5, 5.41) is 4.46. The normalized spacial score (nSPS) is 12.5. The topological polar surface area (TPSA) is 47.8 Å². The Morgan fingerprint density at radius 1 is 1.24 bits per heavy atom. The highest BCUT2D eigenvalue weighted by molar-refractivity contribution is 6.31. The van der Waals surface area contributed by atoms with Gasteiger partial charge in [0, 0.05) is 5.56 Å². The van der Waals surface area contributed by atoms with E-state index in [4.69, 9.17) is 23.2 Å². The number of rotatable bonds is 2. The second kappa shape index (κ2) is 5.73. The maximum atomic E-state index is 13.6. The first kappa shape index (κ1) is 15.9. The molecule has 0 radical (unpaired) electrons. The molecular weight excluding hydrogens is 316 g/mol. The van der Waals surface area contributed by atoms with Crippen LogP contribution in [-0.4, -0.2) is 14.8 Å². The van der Waals surface area contributed by atoms with Gasteiger partial charge in [-0.15, -0.1) is 0 Å². The molecule has 0 amide bonds. The molecule has 1 atom stereocenters. The van der Waals surface area contributed by atoms with E-state index in [2.05, 4.69) is 10.1 Å². The predicted octanol–water partition coefficient (Wildman–Crippen LogP) is 3.89. The molecule has 0 aliphatic carbocycles. The zero-order chi connectivity index (χ0) is 15.9. The molecule has 7 heteroatoms. The number of aromatic nitrogens is 3. The molecule has 0 aromatic carbocycles. The molecule has 2 aromatic rings. The molecule has 0 N–H and O–H groups in total. The Morgan fingerprint density at radius 3 is 2.43 bits per heavy atom. The third-order valence-corrected chi connectivity index (χ3v) is 3.92. The smallest absolute Gasteiger partial charge is 0.266 e. The van der Waals surface area contributed by atoms with Crippen LogP contribution in [0.15, 0.2) is 10.9 Å². The van der Waals surface area contributed by atoms with Gasteiger partial charge >= 0.3 is 0 Å². The highest BCUT2D eigenvalue weighted by Crippen LogP contribution is 2.26. The van der Waals surface area contributed by atoms with E-state index in [1.807, 2.05) is 0 Å². The van der Waals surface area contributed by atoms with Gasteiger partial charge in [0.2, 0.25) is 0 Å². The quantitative estimate of drug-likeness (QED) is 0.839. The highest BCUT2D eigenvalue weighted by atomic mass is 35.5. The van der Waals surface area contributed by atoms with Crippen LogP contribution in [0.1, 0.15) is 35.6 Å². The van der Waals surface area contributed by atoms with Crippen molar-refractivity contribution in [3.63, 3.8) is 0 Å². The molecule has 0 saturated carbocycles. The van der Waals surface area contributed by atoms with Crippen molar-refractivity contribution in [3.8, 4) is 5.82 Å². The van der Waals surface area contributed by atoms with Crippen LogP contribution in [0.25, 0.3) is 5.82 Å². The van der Waals surface area contributed by atoms with Crippen molar-refractivity contribution < 1.29 is 4.39 Å². The molecule has 0 fully saturated rings. The summed E-state index contributed by atoms with van der Waals surface area (Å²) in [5.74, 6) is 0.338. The average Bonchev–Trinajstić information content (AvgIpc) is 2.38. The minimum Gasteiger partial charge on any atom is -0.266 e. The molecular formula is C14H14Cl2FN3O. The summed E-state index contributed by atoms with van der Waals surface area (Å²) in [7, 11) is 0. The summed E-state index contributed by atoms with van der Waals surface area (Å²) in [6.45, 7) is 6.40. The van der Waals surface area contributed by atoms with Gasteiger partial charge < -0.3 is 0 Å². The van der Waals surface area contributed by atoms with E-state index in [1.54, 1.807) is 26.8 Å². The fourth-order valence-corrected chi connectivity index (χ4v) is 2.67. The third-order valence-electron chi connectivity index (χ3n) is 3.17. The molecule has 0 aliphatic rings. The molecule has 0 aliphatic heterocycles. The van der Waals surface area contributed by atoms with E-state index in [-0.39, 0.29) is 10.6 Å². The number of nitrogens with zero attached hydrogens (tertiary/aromatic N) is 3. The largest absolute Gasteiger partial charge is 0.292 e. The summed E-state index contributed by atoms with van der Waals surface area (Å²) in [6, 6.07) is 1.70. The molecule has 21 heavy (non-hydrogen) atoms. The van der Waals surface area contributed by atoms with Gasteiger partial charge in [0.05, 0.1) is 16.4 Å². The van der Waals surface area contributed by atoms with Crippen LogP contribution in [0.2, 0.25) is 10.0 Å². The van der Waals surface area contributed by atoms with Crippen LogP contribution in [0.4, 0.5) is 4.39 Å². The Morgan fingerprint density at radius 2 is 1.86 bits per heavy atom. The Hall–Kier alpha value is -1.46. The zero-order valence-electron chi connectivity index (χ0n) is 12.0. The molecule has 2 aromatic heterocycles. The Labute approximate surface area is 131 Å². The van der Waals surface area contributed by atoms with Crippen molar-refractivity contribution in [2.24, 2.45) is 0 Å². The molecule has 2 rings (SSSR count). The second-order valence-corrected chi connectivity index (χ2v) is 5.63. The van der Waals surface area contributed by atoms with Crippen LogP contribution < -0.4 is 5.56 Å². The lowest BCUT2D eigenvalue weighted by atomic mass is 10.1. The van der Waals surface area contributed by atoms with Gasteiger partial charge in [0.1, 0.15) is 11.2 Å². The fourth-order valence-electron chi connectivity index (χ4n) is 2.10. The first-order valence-electron chi connectivity index (χ1n) is 6.31. The molecule has 1 unspecified atom stereocenters. The first-order valence-corrected chi connectivity index (χ1v) is 7.07. The standard InChI is InChI=1S/C14H14Cl2FN3O/c1-6-5-10(15)8(3)18-13(6)20-14(21)12(16)11(7(2)17)9(4)19-20/h5,7H,1-4H3. The van der Waals surface area contributed by atoms with Crippen molar-refractivity contribution in [3.05, 3.63) is 49.0 Å². The SMILES string of the molecule is Cc1cc(Cl)c(C)nc1-n1nc(C)c(C(C)F)c(Cl)c1=O. The van der Waals surface area contributed by atoms with Crippen LogP contribution >= 0.6 is 23.2 Å². The summed E-state index contributed by atoms with van der Waals surface area (Å²) in [4.78, 5) is 16.6. The van der Waals surface area contributed by atoms with Crippen molar-refractivity contribution in [1.29, 1.82) is 0 Å². The van der Waals surface area contributed by atoms with E-state index in [9.17, 15) is 9.18 Å². The number of hydrogen-bond donors (Lipinski definition) is 0. The Bertz CT molecular complexity index is 772. The van der Waals surface area contributed by atoms with Crippen LogP contribution in [0.5, 0.6) is 0 Å². The van der Waals surface area contributed by atoms with E-state index >= 15 is 0 Å². The van der Waals surface area contributed by atoms with Crippen LogP contribution in [0, 0.1) is 20.8 Å². The van der Waals surface area contributed by atoms with Gasteiger partial charge in [-0.1, -0.05) is 23.2 Å². The van der Waals surface area contributed by atoms with Gasteiger partial charge in [-0.3, -0.25) is 4.79 Å².